The number of guanidine groups is 1. The molecule has 16 heavy (non-hydrogen) atoms. The van der Waals surface area contributed by atoms with Crippen molar-refractivity contribution >= 4 is 5.96 Å². The quantitative estimate of drug-likeness (QED) is 0.399. The minimum atomic E-state index is 0.524. The molecule has 92 valence electrons. The van der Waals surface area contributed by atoms with Crippen molar-refractivity contribution < 1.29 is 0 Å². The lowest BCUT2D eigenvalue weighted by atomic mass is 10.2. The Morgan fingerprint density at radius 3 is 2.62 bits per heavy atom. The van der Waals surface area contributed by atoms with Gasteiger partial charge < -0.3 is 16.0 Å². The molecule has 0 heterocycles. The number of likely N-dealkylation sites (N-methyl/N-ethyl adjacent to an activating group) is 1. The summed E-state index contributed by atoms with van der Waals surface area (Å²) in [5.74, 6) is 1.34. The lowest BCUT2D eigenvalue weighted by Crippen LogP contribution is -2.37. The number of nitrogens with zero attached hydrogens (tertiary/aromatic N) is 2. The summed E-state index contributed by atoms with van der Waals surface area (Å²) in [7, 11) is 4.21. The molecular formula is C12H24N4. The smallest absolute Gasteiger partial charge is 0.188 e. The van der Waals surface area contributed by atoms with Crippen LogP contribution < -0.4 is 11.1 Å². The normalized spacial score (nSPS) is 18.6. The van der Waals surface area contributed by atoms with Crippen LogP contribution in [0.15, 0.2) is 17.1 Å². The van der Waals surface area contributed by atoms with Crippen LogP contribution in [0.1, 0.15) is 19.8 Å². The first-order valence-corrected chi connectivity index (χ1v) is 5.85. The van der Waals surface area contributed by atoms with E-state index < -0.39 is 0 Å². The van der Waals surface area contributed by atoms with Gasteiger partial charge in [-0.15, -0.1) is 0 Å². The molecule has 1 fully saturated rings. The van der Waals surface area contributed by atoms with E-state index in [-0.39, 0.29) is 0 Å². The number of aliphatic imine (C=N–C) groups is 1. The molecule has 1 rings (SSSR count). The Bertz CT molecular complexity index is 264. The van der Waals surface area contributed by atoms with Gasteiger partial charge in [-0.3, -0.25) is 4.99 Å². The molecule has 0 saturated heterocycles. The second-order valence-electron chi connectivity index (χ2n) is 4.90. The van der Waals surface area contributed by atoms with Crippen LogP contribution in [0.3, 0.4) is 0 Å². The Hall–Kier alpha value is -1.03. The fraction of sp³-hybridized carbons (Fsp3) is 0.750. The Morgan fingerprint density at radius 2 is 2.19 bits per heavy atom. The van der Waals surface area contributed by atoms with Gasteiger partial charge in [0.1, 0.15) is 0 Å². The fourth-order valence-electron chi connectivity index (χ4n) is 1.70. The molecule has 4 nitrogen and oxygen atoms in total. The topological polar surface area (TPSA) is 53.6 Å². The van der Waals surface area contributed by atoms with Crippen molar-refractivity contribution in [2.45, 2.75) is 25.8 Å². The van der Waals surface area contributed by atoms with Crippen molar-refractivity contribution in [3.63, 3.8) is 0 Å². The zero-order chi connectivity index (χ0) is 12.1. The summed E-state index contributed by atoms with van der Waals surface area (Å²) in [6.07, 6.45) is 2.66. The molecule has 4 heteroatoms. The second-order valence-corrected chi connectivity index (χ2v) is 4.90. The lowest BCUT2D eigenvalue weighted by Gasteiger charge is -2.22. The van der Waals surface area contributed by atoms with Gasteiger partial charge in [0.15, 0.2) is 5.96 Å². The highest BCUT2D eigenvalue weighted by Crippen LogP contribution is 2.34. The standard InChI is InChI=1S/C12H24N4/c1-9(2)7-14-12(13)15-8-11(16(3)4)10-5-6-10/h10-11H,1,5-8H2,2-4H3,(H3,13,14,15). The first kappa shape index (κ1) is 13.0. The Balaban J connectivity index is 2.34. The summed E-state index contributed by atoms with van der Waals surface area (Å²) in [6, 6.07) is 0.533. The molecule has 1 unspecified atom stereocenters. The number of nitrogens with one attached hydrogen (secondary N) is 1. The number of hydrogen-bond acceptors (Lipinski definition) is 2. The molecule has 0 aromatic carbocycles. The van der Waals surface area contributed by atoms with Crippen LogP contribution >= 0.6 is 0 Å². The van der Waals surface area contributed by atoms with E-state index >= 15 is 0 Å². The van der Waals surface area contributed by atoms with Crippen LogP contribution in [-0.2, 0) is 0 Å². The highest BCUT2D eigenvalue weighted by molar-refractivity contribution is 5.78. The van der Waals surface area contributed by atoms with E-state index in [0.717, 1.165) is 18.0 Å². The summed E-state index contributed by atoms with van der Waals surface area (Å²) in [4.78, 5) is 6.62. The third-order valence-electron chi connectivity index (χ3n) is 2.85. The number of nitrogens with two attached hydrogens (primary N) is 1. The maximum atomic E-state index is 5.77. The Kier molecular flexibility index (Phi) is 4.80. The molecular weight excluding hydrogens is 200 g/mol. The first-order valence-electron chi connectivity index (χ1n) is 5.85. The van der Waals surface area contributed by atoms with Gasteiger partial charge in [0, 0.05) is 12.6 Å². The highest BCUT2D eigenvalue weighted by atomic mass is 15.2. The van der Waals surface area contributed by atoms with E-state index in [1.807, 2.05) is 6.92 Å². The predicted molar refractivity (Wildman–Crippen MR) is 69.5 cm³/mol. The molecule has 0 radical (unpaired) electrons. The van der Waals surface area contributed by atoms with Crippen molar-refractivity contribution in [1.82, 2.24) is 10.2 Å². The first-order chi connectivity index (χ1) is 7.50. The van der Waals surface area contributed by atoms with Gasteiger partial charge in [-0.05, 0) is 39.8 Å². The third-order valence-corrected chi connectivity index (χ3v) is 2.85. The molecule has 0 spiro atoms. The molecule has 1 saturated carbocycles. The van der Waals surface area contributed by atoms with Gasteiger partial charge in [0.05, 0.1) is 6.54 Å². The molecule has 3 N–H and O–H groups in total. The van der Waals surface area contributed by atoms with E-state index in [0.29, 0.717) is 18.5 Å². The molecule has 0 aliphatic heterocycles. The molecule has 1 aliphatic carbocycles. The summed E-state index contributed by atoms with van der Waals surface area (Å²) >= 11 is 0. The zero-order valence-corrected chi connectivity index (χ0v) is 10.7. The van der Waals surface area contributed by atoms with Gasteiger partial charge in [-0.1, -0.05) is 12.2 Å². The van der Waals surface area contributed by atoms with Crippen LogP contribution in [0.5, 0.6) is 0 Å². The molecule has 0 bridgehead atoms. The molecule has 0 amide bonds. The summed E-state index contributed by atoms with van der Waals surface area (Å²) in [5.41, 5.74) is 6.83. The van der Waals surface area contributed by atoms with Crippen molar-refractivity contribution in [1.29, 1.82) is 0 Å². The van der Waals surface area contributed by atoms with Gasteiger partial charge in [0.2, 0.25) is 0 Å². The van der Waals surface area contributed by atoms with E-state index in [9.17, 15) is 0 Å². The number of hydrogen-bond donors (Lipinski definition) is 2. The lowest BCUT2D eigenvalue weighted by molar-refractivity contribution is 0.271. The fourth-order valence-corrected chi connectivity index (χ4v) is 1.70. The van der Waals surface area contributed by atoms with Crippen LogP contribution in [0.2, 0.25) is 0 Å². The SMILES string of the molecule is C=C(C)CNC(N)=NCC(C1CC1)N(C)C. The van der Waals surface area contributed by atoms with E-state index in [4.69, 9.17) is 5.73 Å². The van der Waals surface area contributed by atoms with E-state index in [1.165, 1.54) is 12.8 Å². The minimum Gasteiger partial charge on any atom is -0.370 e. The summed E-state index contributed by atoms with van der Waals surface area (Å²) in [6.45, 7) is 7.26. The Labute approximate surface area is 98.6 Å². The average molecular weight is 224 g/mol. The van der Waals surface area contributed by atoms with Crippen LogP contribution in [0, 0.1) is 5.92 Å². The van der Waals surface area contributed by atoms with Crippen molar-refractivity contribution in [2.75, 3.05) is 27.2 Å². The molecule has 0 aromatic rings. The van der Waals surface area contributed by atoms with Crippen molar-refractivity contribution in [2.24, 2.45) is 16.6 Å². The maximum absolute atomic E-state index is 5.77. The molecule has 1 atom stereocenters. The summed E-state index contributed by atoms with van der Waals surface area (Å²) in [5, 5.41) is 3.05. The van der Waals surface area contributed by atoms with Crippen molar-refractivity contribution in [3.05, 3.63) is 12.2 Å². The number of rotatable bonds is 6. The monoisotopic (exact) mass is 224 g/mol. The van der Waals surface area contributed by atoms with Crippen LogP contribution in [0.25, 0.3) is 0 Å². The van der Waals surface area contributed by atoms with Crippen molar-refractivity contribution in [3.8, 4) is 0 Å². The predicted octanol–water partition coefficient (Wildman–Crippen LogP) is 0.807. The Morgan fingerprint density at radius 1 is 1.56 bits per heavy atom. The average Bonchev–Trinajstić information content (AvgIpc) is 2.98. The molecule has 0 aromatic heterocycles. The second kappa shape index (κ2) is 5.89. The maximum Gasteiger partial charge on any atom is 0.188 e. The van der Waals surface area contributed by atoms with Crippen LogP contribution in [0.4, 0.5) is 0 Å². The van der Waals surface area contributed by atoms with Crippen LogP contribution in [-0.4, -0.2) is 44.1 Å². The zero-order valence-electron chi connectivity index (χ0n) is 10.7. The van der Waals surface area contributed by atoms with E-state index in [2.05, 4.69) is 35.9 Å². The van der Waals surface area contributed by atoms with Gasteiger partial charge in [-0.2, -0.15) is 0 Å². The van der Waals surface area contributed by atoms with Gasteiger partial charge in [-0.25, -0.2) is 0 Å². The molecule has 1 aliphatic rings. The minimum absolute atomic E-state index is 0.524. The summed E-state index contributed by atoms with van der Waals surface area (Å²) < 4.78 is 0. The highest BCUT2D eigenvalue weighted by Gasteiger charge is 2.32. The third kappa shape index (κ3) is 4.66. The van der Waals surface area contributed by atoms with Gasteiger partial charge in [0.25, 0.3) is 0 Å². The largest absolute Gasteiger partial charge is 0.370 e. The van der Waals surface area contributed by atoms with Gasteiger partial charge >= 0.3 is 0 Å². The van der Waals surface area contributed by atoms with E-state index in [1.54, 1.807) is 0 Å².